The summed E-state index contributed by atoms with van der Waals surface area (Å²) in [5, 5.41) is 15.0. The molecule has 0 amide bonds. The van der Waals surface area contributed by atoms with E-state index in [1.807, 2.05) is 0 Å². The van der Waals surface area contributed by atoms with Crippen LogP contribution in [0.2, 0.25) is 0 Å². The topological polar surface area (TPSA) is 115 Å². The lowest BCUT2D eigenvalue weighted by Crippen LogP contribution is -2.16. The molecule has 12 heteroatoms. The van der Waals surface area contributed by atoms with Gasteiger partial charge in [0.05, 0.1) is 11.6 Å². The van der Waals surface area contributed by atoms with E-state index in [2.05, 4.69) is 40.4 Å². The average Bonchev–Trinajstić information content (AvgIpc) is 3.48. The van der Waals surface area contributed by atoms with Gasteiger partial charge < -0.3 is 14.6 Å². The van der Waals surface area contributed by atoms with Crippen LogP contribution in [0.5, 0.6) is 5.75 Å². The molecule has 0 saturated heterocycles. The third-order valence-corrected chi connectivity index (χ3v) is 5.16. The van der Waals surface area contributed by atoms with Crippen molar-refractivity contribution < 1.29 is 22.4 Å². The van der Waals surface area contributed by atoms with Crippen molar-refractivity contribution in [2.75, 3.05) is 5.32 Å². The van der Waals surface area contributed by atoms with Gasteiger partial charge in [-0.05, 0) is 43.5 Å². The van der Waals surface area contributed by atoms with Gasteiger partial charge in [-0.3, -0.25) is 5.10 Å². The van der Waals surface area contributed by atoms with E-state index < -0.39 is 6.36 Å². The Morgan fingerprint density at radius 1 is 1.13 bits per heavy atom. The second-order valence-electron chi connectivity index (χ2n) is 7.23. The minimum absolute atomic E-state index is 0.0771. The number of aromatic nitrogens is 6. The molecule has 2 N–H and O–H groups in total. The maximum absolute atomic E-state index is 12.3. The van der Waals surface area contributed by atoms with Gasteiger partial charge in [-0.1, -0.05) is 5.16 Å². The van der Waals surface area contributed by atoms with Crippen LogP contribution in [0.15, 0.2) is 41.3 Å². The van der Waals surface area contributed by atoms with Crippen molar-refractivity contribution in [2.24, 2.45) is 0 Å². The van der Waals surface area contributed by atoms with Crippen molar-refractivity contribution in [3.63, 3.8) is 0 Å². The maximum atomic E-state index is 12.3. The van der Waals surface area contributed by atoms with Crippen LogP contribution in [0.4, 0.5) is 19.0 Å². The lowest BCUT2D eigenvalue weighted by Gasteiger charge is -2.13. The van der Waals surface area contributed by atoms with E-state index in [1.165, 1.54) is 30.6 Å². The summed E-state index contributed by atoms with van der Waals surface area (Å²) in [6, 6.07) is 5.52. The van der Waals surface area contributed by atoms with Gasteiger partial charge in [-0.2, -0.15) is 10.1 Å². The molecule has 2 atom stereocenters. The number of alkyl halides is 3. The SMILES string of the molecule is FC(F)(F)Oc1ccc(-c2noc([C@H]3CC[C@H](Nc4ncnc5[nH]ncc45)C3)n2)cc1. The summed E-state index contributed by atoms with van der Waals surface area (Å²) in [6.07, 6.45) is 0.961. The summed E-state index contributed by atoms with van der Waals surface area (Å²) in [7, 11) is 0. The van der Waals surface area contributed by atoms with Gasteiger partial charge in [-0.25, -0.2) is 9.97 Å². The molecule has 4 aromatic rings. The molecule has 1 saturated carbocycles. The minimum Gasteiger partial charge on any atom is -0.406 e. The highest BCUT2D eigenvalue weighted by molar-refractivity contribution is 5.85. The van der Waals surface area contributed by atoms with Gasteiger partial charge in [0.2, 0.25) is 11.7 Å². The first-order chi connectivity index (χ1) is 14.9. The van der Waals surface area contributed by atoms with Crippen LogP contribution >= 0.6 is 0 Å². The Morgan fingerprint density at radius 3 is 2.77 bits per heavy atom. The highest BCUT2D eigenvalue weighted by Gasteiger charge is 2.32. The fourth-order valence-corrected chi connectivity index (χ4v) is 3.73. The van der Waals surface area contributed by atoms with Crippen LogP contribution in [0.25, 0.3) is 22.4 Å². The Balaban J connectivity index is 1.25. The smallest absolute Gasteiger partial charge is 0.406 e. The highest BCUT2D eigenvalue weighted by Crippen LogP contribution is 2.36. The molecule has 31 heavy (non-hydrogen) atoms. The van der Waals surface area contributed by atoms with Crippen molar-refractivity contribution >= 4 is 16.9 Å². The normalized spacial score (nSPS) is 19.1. The Kier molecular flexibility index (Phi) is 4.68. The monoisotopic (exact) mass is 431 g/mol. The first-order valence-corrected chi connectivity index (χ1v) is 9.55. The molecule has 1 aliphatic carbocycles. The van der Waals surface area contributed by atoms with Gasteiger partial charge in [0.25, 0.3) is 0 Å². The molecule has 0 radical (unpaired) electrons. The fourth-order valence-electron chi connectivity index (χ4n) is 3.73. The molecular weight excluding hydrogens is 415 g/mol. The van der Waals surface area contributed by atoms with Gasteiger partial charge in [0.15, 0.2) is 5.65 Å². The third-order valence-electron chi connectivity index (χ3n) is 5.16. The van der Waals surface area contributed by atoms with E-state index in [0.717, 1.165) is 30.5 Å². The summed E-state index contributed by atoms with van der Waals surface area (Å²) in [5.41, 5.74) is 1.21. The van der Waals surface area contributed by atoms with E-state index >= 15 is 0 Å². The van der Waals surface area contributed by atoms with E-state index in [1.54, 1.807) is 6.20 Å². The molecule has 0 aliphatic heterocycles. The molecule has 0 bridgehead atoms. The van der Waals surface area contributed by atoms with Crippen LogP contribution in [-0.4, -0.2) is 42.7 Å². The molecule has 0 unspecified atom stereocenters. The number of ether oxygens (including phenoxy) is 1. The second-order valence-corrected chi connectivity index (χ2v) is 7.23. The average molecular weight is 431 g/mol. The summed E-state index contributed by atoms with van der Waals surface area (Å²) in [4.78, 5) is 12.9. The maximum Gasteiger partial charge on any atom is 0.573 e. The number of H-pyrrole nitrogens is 1. The number of anilines is 1. The van der Waals surface area contributed by atoms with Crippen LogP contribution < -0.4 is 10.1 Å². The van der Waals surface area contributed by atoms with Gasteiger partial charge >= 0.3 is 6.36 Å². The number of hydrogen-bond donors (Lipinski definition) is 2. The number of hydrogen-bond acceptors (Lipinski definition) is 8. The first kappa shape index (κ1) is 19.3. The summed E-state index contributed by atoms with van der Waals surface area (Å²) in [6.45, 7) is 0. The van der Waals surface area contributed by atoms with E-state index in [-0.39, 0.29) is 17.7 Å². The Hall–Kier alpha value is -3.70. The van der Waals surface area contributed by atoms with Crippen LogP contribution in [0.1, 0.15) is 31.1 Å². The van der Waals surface area contributed by atoms with Gasteiger partial charge in [0, 0.05) is 17.5 Å². The van der Waals surface area contributed by atoms with E-state index in [9.17, 15) is 13.2 Å². The molecule has 160 valence electrons. The molecule has 0 spiro atoms. The van der Waals surface area contributed by atoms with Gasteiger partial charge in [-0.15, -0.1) is 13.2 Å². The van der Waals surface area contributed by atoms with Crippen molar-refractivity contribution in [1.29, 1.82) is 0 Å². The quantitative estimate of drug-likeness (QED) is 0.486. The first-order valence-electron chi connectivity index (χ1n) is 9.55. The van der Waals surface area contributed by atoms with Crippen LogP contribution in [0.3, 0.4) is 0 Å². The van der Waals surface area contributed by atoms with Crippen molar-refractivity contribution in [1.82, 2.24) is 30.3 Å². The number of nitrogens with one attached hydrogen (secondary N) is 2. The lowest BCUT2D eigenvalue weighted by molar-refractivity contribution is -0.274. The highest BCUT2D eigenvalue weighted by atomic mass is 19.4. The molecule has 3 heterocycles. The number of benzene rings is 1. The number of halogens is 3. The van der Waals surface area contributed by atoms with Crippen molar-refractivity contribution in [3.8, 4) is 17.1 Å². The number of fused-ring (bicyclic) bond motifs is 1. The molecule has 1 aliphatic rings. The van der Waals surface area contributed by atoms with Crippen LogP contribution in [0, 0.1) is 0 Å². The zero-order valence-electron chi connectivity index (χ0n) is 15.9. The predicted octanol–water partition coefficient (Wildman–Crippen LogP) is 4.05. The number of aromatic amines is 1. The number of nitrogens with zero attached hydrogens (tertiary/aromatic N) is 5. The van der Waals surface area contributed by atoms with Crippen molar-refractivity contribution in [3.05, 3.63) is 42.7 Å². The van der Waals surface area contributed by atoms with Crippen LogP contribution in [-0.2, 0) is 0 Å². The molecule has 1 fully saturated rings. The molecule has 1 aromatic carbocycles. The summed E-state index contributed by atoms with van der Waals surface area (Å²) in [5.74, 6) is 1.32. The third kappa shape index (κ3) is 4.13. The largest absolute Gasteiger partial charge is 0.573 e. The number of rotatable bonds is 5. The minimum atomic E-state index is -4.73. The van der Waals surface area contributed by atoms with E-state index in [0.29, 0.717) is 22.9 Å². The zero-order valence-corrected chi connectivity index (χ0v) is 15.9. The molecule has 3 aromatic heterocycles. The Labute approximate surface area is 173 Å². The van der Waals surface area contributed by atoms with Gasteiger partial charge in [0.1, 0.15) is 17.9 Å². The summed E-state index contributed by atoms with van der Waals surface area (Å²) >= 11 is 0. The molecule has 9 nitrogen and oxygen atoms in total. The zero-order chi connectivity index (χ0) is 21.4. The fraction of sp³-hybridized carbons (Fsp3) is 0.316. The molecule has 5 rings (SSSR count). The predicted molar refractivity (Wildman–Crippen MR) is 102 cm³/mol. The Morgan fingerprint density at radius 2 is 1.97 bits per heavy atom. The standard InChI is InChI=1S/C19H16F3N7O2/c20-19(21,22)30-13-5-2-10(3-6-13)15-27-18(31-29-15)11-1-4-12(7-11)26-16-14-8-25-28-17(14)24-9-23-16/h2-3,5-6,8-9,11-12H,1,4,7H2,(H2,23,24,25,26,28)/t11-,12-/m0/s1. The van der Waals surface area contributed by atoms with E-state index in [4.69, 9.17) is 4.52 Å². The van der Waals surface area contributed by atoms with Crippen molar-refractivity contribution in [2.45, 2.75) is 37.6 Å². The summed E-state index contributed by atoms with van der Waals surface area (Å²) < 4.78 is 46.2. The second kappa shape index (κ2) is 7.52. The Bertz CT molecular complexity index is 1190. The lowest BCUT2D eigenvalue weighted by atomic mass is 10.1. The molecular formula is C19H16F3N7O2.